The first-order chi connectivity index (χ1) is 17.9. The van der Waals surface area contributed by atoms with Crippen LogP contribution in [0.3, 0.4) is 0 Å². The van der Waals surface area contributed by atoms with E-state index in [1.807, 2.05) is 0 Å². The summed E-state index contributed by atoms with van der Waals surface area (Å²) < 4.78 is 60.3. The topological polar surface area (TPSA) is 117 Å². The summed E-state index contributed by atoms with van der Waals surface area (Å²) in [4.78, 5) is 22.9. The van der Waals surface area contributed by atoms with Crippen molar-refractivity contribution in [2.75, 3.05) is 43.5 Å². The lowest BCUT2D eigenvalue weighted by molar-refractivity contribution is -0.138. The molecule has 0 spiro atoms. The molecule has 2 aliphatic rings. The number of nitrogens with one attached hydrogen (secondary N) is 1. The van der Waals surface area contributed by atoms with E-state index < -0.39 is 29.1 Å². The summed E-state index contributed by atoms with van der Waals surface area (Å²) in [5, 5.41) is 13.9. The third kappa shape index (κ3) is 6.44. The standard InChI is InChI=1S/C25H32F4N6O3/c1-24(37)13-34(12-20(30)36)8-7-16(24)10-31-22-21(26)23(33-14-32-22)35(17-4-5-17)11-15-3-6-18(25(27,28)29)19(9-15)38-2/h3,6,9,14,16-17,37H,4-5,7-8,10-13H2,1-2H3,(H2,30,36)(H,31,32,33)/t16-,24-/m0/s1. The molecule has 2 fully saturated rings. The van der Waals surface area contributed by atoms with Gasteiger partial charge in [-0.25, -0.2) is 9.97 Å². The zero-order valence-electron chi connectivity index (χ0n) is 21.3. The largest absolute Gasteiger partial charge is 0.496 e. The quantitative estimate of drug-likeness (QED) is 0.394. The Labute approximate surface area is 218 Å². The Morgan fingerprint density at radius 1 is 1.32 bits per heavy atom. The van der Waals surface area contributed by atoms with Crippen molar-refractivity contribution in [1.29, 1.82) is 0 Å². The summed E-state index contributed by atoms with van der Waals surface area (Å²) in [5.41, 5.74) is 3.78. The fourth-order valence-corrected chi connectivity index (χ4v) is 4.92. The molecule has 1 aliphatic carbocycles. The average molecular weight is 541 g/mol. The average Bonchev–Trinajstić information content (AvgIpc) is 3.67. The molecular formula is C25H32F4N6O3. The first-order valence-corrected chi connectivity index (χ1v) is 12.4. The predicted octanol–water partition coefficient (Wildman–Crippen LogP) is 2.78. The maximum atomic E-state index is 15.6. The molecule has 2 heterocycles. The number of likely N-dealkylation sites (tertiary alicyclic amines) is 1. The second-order valence-electron chi connectivity index (χ2n) is 10.2. The molecule has 2 aromatic rings. The van der Waals surface area contributed by atoms with Gasteiger partial charge >= 0.3 is 6.18 Å². The number of aliphatic hydroxyl groups is 1. The monoisotopic (exact) mass is 540 g/mol. The Balaban J connectivity index is 1.48. The summed E-state index contributed by atoms with van der Waals surface area (Å²) in [6.45, 7) is 2.92. The number of alkyl halides is 3. The smallest absolute Gasteiger partial charge is 0.419 e. The number of carbonyl (C=O) groups excluding carboxylic acids is 1. The van der Waals surface area contributed by atoms with Crippen LogP contribution in [0.15, 0.2) is 24.5 Å². The van der Waals surface area contributed by atoms with Crippen LogP contribution in [0.5, 0.6) is 5.75 Å². The minimum atomic E-state index is -4.55. The molecule has 1 saturated carbocycles. The molecule has 1 aromatic heterocycles. The van der Waals surface area contributed by atoms with Crippen LogP contribution in [-0.2, 0) is 17.5 Å². The van der Waals surface area contributed by atoms with Gasteiger partial charge < -0.3 is 25.8 Å². The van der Waals surface area contributed by atoms with Crippen molar-refractivity contribution in [3.63, 3.8) is 0 Å². The van der Waals surface area contributed by atoms with E-state index in [2.05, 4.69) is 15.3 Å². The molecule has 38 heavy (non-hydrogen) atoms. The molecule has 9 nitrogen and oxygen atoms in total. The molecule has 1 amide bonds. The number of carbonyl (C=O) groups is 1. The number of aromatic nitrogens is 2. The van der Waals surface area contributed by atoms with Crippen LogP contribution in [0.25, 0.3) is 0 Å². The second kappa shape index (κ2) is 10.9. The molecule has 4 N–H and O–H groups in total. The Morgan fingerprint density at radius 2 is 2.05 bits per heavy atom. The van der Waals surface area contributed by atoms with Crippen molar-refractivity contribution < 1.29 is 32.2 Å². The van der Waals surface area contributed by atoms with Gasteiger partial charge in [-0.2, -0.15) is 17.6 Å². The highest BCUT2D eigenvalue weighted by molar-refractivity contribution is 5.75. The molecular weight excluding hydrogens is 508 g/mol. The number of anilines is 2. The number of ether oxygens (including phenoxy) is 1. The van der Waals surface area contributed by atoms with Crippen LogP contribution in [0, 0.1) is 11.7 Å². The van der Waals surface area contributed by atoms with Crippen LogP contribution in [0.4, 0.5) is 29.2 Å². The van der Waals surface area contributed by atoms with Gasteiger partial charge in [0.15, 0.2) is 11.6 Å². The number of hydrogen-bond acceptors (Lipinski definition) is 8. The molecule has 1 saturated heterocycles. The molecule has 1 aromatic carbocycles. The summed E-state index contributed by atoms with van der Waals surface area (Å²) in [5.74, 6) is -1.66. The van der Waals surface area contributed by atoms with Gasteiger partial charge in [-0.15, -0.1) is 0 Å². The Bertz CT molecular complexity index is 1160. The molecule has 1 aliphatic heterocycles. The highest BCUT2D eigenvalue weighted by Gasteiger charge is 2.39. The van der Waals surface area contributed by atoms with E-state index in [4.69, 9.17) is 10.5 Å². The summed E-state index contributed by atoms with van der Waals surface area (Å²) in [6, 6.07) is 3.62. The zero-order chi connectivity index (χ0) is 27.7. The van der Waals surface area contributed by atoms with Crippen molar-refractivity contribution in [3.8, 4) is 5.75 Å². The van der Waals surface area contributed by atoms with E-state index in [0.29, 0.717) is 18.5 Å². The molecule has 0 unspecified atom stereocenters. The number of benzene rings is 1. The number of rotatable bonds is 10. The first kappa shape index (κ1) is 27.8. The number of hydrogen-bond donors (Lipinski definition) is 3. The van der Waals surface area contributed by atoms with Crippen LogP contribution < -0.4 is 20.7 Å². The van der Waals surface area contributed by atoms with E-state index in [1.165, 1.54) is 25.6 Å². The van der Waals surface area contributed by atoms with Gasteiger partial charge in [0.05, 0.1) is 24.8 Å². The number of methoxy groups -OCH3 is 1. The lowest BCUT2D eigenvalue weighted by Crippen LogP contribution is -2.55. The van der Waals surface area contributed by atoms with Crippen LogP contribution in [-0.4, -0.2) is 70.8 Å². The van der Waals surface area contributed by atoms with Gasteiger partial charge in [-0.05, 0) is 50.4 Å². The SMILES string of the molecule is COc1cc(CN(c2ncnc(NC[C@@H]3CCN(CC(N)=O)C[C@]3(C)O)c2F)C2CC2)ccc1C(F)(F)F. The van der Waals surface area contributed by atoms with Crippen molar-refractivity contribution >= 4 is 17.5 Å². The fraction of sp³-hybridized carbons (Fsp3) is 0.560. The van der Waals surface area contributed by atoms with E-state index in [-0.39, 0.29) is 55.5 Å². The Kier molecular flexibility index (Phi) is 7.98. The van der Waals surface area contributed by atoms with Gasteiger partial charge in [0, 0.05) is 31.6 Å². The first-order valence-electron chi connectivity index (χ1n) is 12.4. The highest BCUT2D eigenvalue weighted by atomic mass is 19.4. The van der Waals surface area contributed by atoms with Gasteiger partial charge in [0.1, 0.15) is 12.1 Å². The Hall–Kier alpha value is -3.19. The predicted molar refractivity (Wildman–Crippen MR) is 132 cm³/mol. The number of nitrogens with zero attached hydrogens (tertiary/aromatic N) is 4. The molecule has 0 bridgehead atoms. The minimum absolute atomic E-state index is 0.00384. The van der Waals surface area contributed by atoms with E-state index in [1.54, 1.807) is 16.7 Å². The number of primary amides is 1. The zero-order valence-corrected chi connectivity index (χ0v) is 21.3. The van der Waals surface area contributed by atoms with Crippen LogP contribution >= 0.6 is 0 Å². The van der Waals surface area contributed by atoms with Crippen LogP contribution in [0.2, 0.25) is 0 Å². The third-order valence-electron chi connectivity index (χ3n) is 7.07. The minimum Gasteiger partial charge on any atom is -0.496 e. The maximum Gasteiger partial charge on any atom is 0.419 e. The van der Waals surface area contributed by atoms with Gasteiger partial charge in [-0.1, -0.05) is 6.07 Å². The van der Waals surface area contributed by atoms with Crippen molar-refractivity contribution in [2.45, 2.75) is 50.6 Å². The summed E-state index contributed by atoms with van der Waals surface area (Å²) in [6.07, 6.45) is -1.15. The lowest BCUT2D eigenvalue weighted by atomic mass is 9.82. The second-order valence-corrected chi connectivity index (χ2v) is 10.2. The summed E-state index contributed by atoms with van der Waals surface area (Å²) in [7, 11) is 1.17. The van der Waals surface area contributed by atoms with Gasteiger partial charge in [0.25, 0.3) is 0 Å². The summed E-state index contributed by atoms with van der Waals surface area (Å²) >= 11 is 0. The maximum absolute atomic E-state index is 15.6. The highest BCUT2D eigenvalue weighted by Crippen LogP contribution is 2.39. The molecule has 0 radical (unpaired) electrons. The molecule has 208 valence electrons. The lowest BCUT2D eigenvalue weighted by Gasteiger charge is -2.42. The normalized spacial score (nSPS) is 22.2. The number of halogens is 4. The number of β-amino-alcohol motifs (C(OH)–C–C–N with tert-alkyl or cyclic N) is 1. The van der Waals surface area contributed by atoms with Crippen molar-refractivity contribution in [1.82, 2.24) is 14.9 Å². The van der Waals surface area contributed by atoms with Gasteiger partial charge in [-0.3, -0.25) is 9.69 Å². The van der Waals surface area contributed by atoms with Crippen molar-refractivity contribution in [2.24, 2.45) is 11.7 Å². The van der Waals surface area contributed by atoms with E-state index in [0.717, 1.165) is 18.9 Å². The Morgan fingerprint density at radius 3 is 2.66 bits per heavy atom. The van der Waals surface area contributed by atoms with Crippen LogP contribution in [0.1, 0.15) is 37.3 Å². The molecule has 4 rings (SSSR count). The third-order valence-corrected chi connectivity index (χ3v) is 7.07. The van der Waals surface area contributed by atoms with Crippen molar-refractivity contribution in [3.05, 3.63) is 41.5 Å². The molecule has 13 heteroatoms. The number of piperidine rings is 1. The molecule has 2 atom stereocenters. The number of amides is 1. The number of nitrogens with two attached hydrogens (primary N) is 1. The van der Waals surface area contributed by atoms with E-state index in [9.17, 15) is 23.1 Å². The van der Waals surface area contributed by atoms with E-state index >= 15 is 4.39 Å². The van der Waals surface area contributed by atoms with Gasteiger partial charge in [0.2, 0.25) is 11.7 Å². The fourth-order valence-electron chi connectivity index (χ4n) is 4.92.